The summed E-state index contributed by atoms with van der Waals surface area (Å²) < 4.78 is 11.4. The van der Waals surface area contributed by atoms with Crippen LogP contribution in [-0.4, -0.2) is 34.6 Å². The van der Waals surface area contributed by atoms with Crippen LogP contribution in [0, 0.1) is 13.8 Å². The van der Waals surface area contributed by atoms with E-state index in [2.05, 4.69) is 12.1 Å². The zero-order valence-electron chi connectivity index (χ0n) is 15.9. The SMILES string of the molecule is COc1cc(C)c(C[C@H]2SC(=S)N(Cc3ccc(C)cc3)C2=O)cc1OC. The fourth-order valence-electron chi connectivity index (χ4n) is 3.09. The molecule has 142 valence electrons. The average Bonchev–Trinajstić information content (AvgIpc) is 2.92. The van der Waals surface area contributed by atoms with Gasteiger partial charge in [-0.25, -0.2) is 0 Å². The molecule has 0 N–H and O–H groups in total. The van der Waals surface area contributed by atoms with Gasteiger partial charge < -0.3 is 9.47 Å². The first-order valence-corrected chi connectivity index (χ1v) is 10.0. The number of methoxy groups -OCH3 is 2. The molecule has 1 atom stereocenters. The zero-order valence-corrected chi connectivity index (χ0v) is 17.6. The summed E-state index contributed by atoms with van der Waals surface area (Å²) in [4.78, 5) is 14.7. The molecule has 3 rings (SSSR count). The van der Waals surface area contributed by atoms with E-state index >= 15 is 0 Å². The standard InChI is InChI=1S/C21H23NO3S2/c1-13-5-7-15(8-6-13)12-22-20(23)19(27-21(22)26)11-16-10-18(25-4)17(24-3)9-14(16)2/h5-10,19H,11-12H2,1-4H3/t19-/m1/s1. The highest BCUT2D eigenvalue weighted by molar-refractivity contribution is 8.24. The number of thioether (sulfide) groups is 1. The van der Waals surface area contributed by atoms with Gasteiger partial charge in [-0.3, -0.25) is 9.69 Å². The minimum absolute atomic E-state index is 0.0692. The molecule has 4 nitrogen and oxygen atoms in total. The summed E-state index contributed by atoms with van der Waals surface area (Å²) in [6.07, 6.45) is 0.611. The van der Waals surface area contributed by atoms with E-state index in [1.165, 1.54) is 17.3 Å². The zero-order chi connectivity index (χ0) is 19.6. The molecule has 1 heterocycles. The molecule has 6 heteroatoms. The number of carbonyl (C=O) groups is 1. The molecule has 27 heavy (non-hydrogen) atoms. The molecule has 0 aliphatic carbocycles. The quantitative estimate of drug-likeness (QED) is 0.675. The Morgan fingerprint density at radius 1 is 1.07 bits per heavy atom. The van der Waals surface area contributed by atoms with E-state index in [1.807, 2.05) is 38.1 Å². The van der Waals surface area contributed by atoms with Gasteiger partial charge in [0.25, 0.3) is 0 Å². The van der Waals surface area contributed by atoms with E-state index in [0.29, 0.717) is 28.8 Å². The van der Waals surface area contributed by atoms with Crippen LogP contribution in [0.15, 0.2) is 36.4 Å². The lowest BCUT2D eigenvalue weighted by atomic mass is 10.0. The van der Waals surface area contributed by atoms with E-state index < -0.39 is 0 Å². The van der Waals surface area contributed by atoms with Gasteiger partial charge in [-0.2, -0.15) is 0 Å². The van der Waals surface area contributed by atoms with Crippen molar-refractivity contribution in [3.63, 3.8) is 0 Å². The summed E-state index contributed by atoms with van der Waals surface area (Å²) >= 11 is 6.95. The molecule has 1 aliphatic rings. The highest BCUT2D eigenvalue weighted by Crippen LogP contribution is 2.35. The fourth-order valence-corrected chi connectivity index (χ4v) is 4.61. The molecule has 1 fully saturated rings. The van der Waals surface area contributed by atoms with Crippen LogP contribution in [0.2, 0.25) is 0 Å². The lowest BCUT2D eigenvalue weighted by Crippen LogP contribution is -2.31. The Balaban J connectivity index is 1.76. The topological polar surface area (TPSA) is 38.8 Å². The molecule has 0 aromatic heterocycles. The second kappa shape index (κ2) is 8.31. The van der Waals surface area contributed by atoms with Crippen molar-refractivity contribution in [1.29, 1.82) is 0 Å². The first-order valence-electron chi connectivity index (χ1n) is 8.72. The van der Waals surface area contributed by atoms with Gasteiger partial charge in [-0.15, -0.1) is 0 Å². The summed E-state index contributed by atoms with van der Waals surface area (Å²) in [7, 11) is 3.24. The van der Waals surface area contributed by atoms with Crippen molar-refractivity contribution < 1.29 is 14.3 Å². The van der Waals surface area contributed by atoms with Crippen molar-refractivity contribution >= 4 is 34.2 Å². The molecule has 2 aromatic carbocycles. The smallest absolute Gasteiger partial charge is 0.242 e. The number of thiocarbonyl (C=S) groups is 1. The van der Waals surface area contributed by atoms with Crippen LogP contribution in [0.4, 0.5) is 0 Å². The maximum absolute atomic E-state index is 12.9. The molecule has 0 radical (unpaired) electrons. The van der Waals surface area contributed by atoms with Crippen LogP contribution in [0.25, 0.3) is 0 Å². The number of benzene rings is 2. The Morgan fingerprint density at radius 2 is 1.70 bits per heavy atom. The number of carbonyl (C=O) groups excluding carboxylic acids is 1. The monoisotopic (exact) mass is 401 g/mol. The molecule has 0 unspecified atom stereocenters. The molecule has 0 spiro atoms. The Hall–Kier alpha value is -2.05. The largest absolute Gasteiger partial charge is 0.493 e. The number of nitrogens with zero attached hydrogens (tertiary/aromatic N) is 1. The van der Waals surface area contributed by atoms with E-state index in [0.717, 1.165) is 16.7 Å². The number of aryl methyl sites for hydroxylation is 2. The molecular formula is C21H23NO3S2. The van der Waals surface area contributed by atoms with Gasteiger partial charge in [-0.05, 0) is 49.1 Å². The molecular weight excluding hydrogens is 378 g/mol. The van der Waals surface area contributed by atoms with Gasteiger partial charge in [0, 0.05) is 0 Å². The molecule has 1 saturated heterocycles. The van der Waals surface area contributed by atoms with Gasteiger partial charge in [0.05, 0.1) is 26.0 Å². The van der Waals surface area contributed by atoms with E-state index in [-0.39, 0.29) is 11.2 Å². The Labute approximate surface area is 169 Å². The second-order valence-corrected chi connectivity index (χ2v) is 8.46. The number of hydrogen-bond donors (Lipinski definition) is 0. The predicted octanol–water partition coefficient (Wildman–Crippen LogP) is 4.29. The normalized spacial score (nSPS) is 16.7. The van der Waals surface area contributed by atoms with E-state index in [4.69, 9.17) is 21.7 Å². The molecule has 1 amide bonds. The fraction of sp³-hybridized carbons (Fsp3) is 0.333. The Morgan fingerprint density at radius 3 is 2.33 bits per heavy atom. The van der Waals surface area contributed by atoms with Crippen molar-refractivity contribution in [2.45, 2.75) is 32.1 Å². The van der Waals surface area contributed by atoms with Crippen LogP contribution >= 0.6 is 24.0 Å². The highest BCUT2D eigenvalue weighted by atomic mass is 32.2. The summed E-state index contributed by atoms with van der Waals surface area (Å²) in [5.41, 5.74) is 4.42. The summed E-state index contributed by atoms with van der Waals surface area (Å²) in [5.74, 6) is 1.44. The van der Waals surface area contributed by atoms with Gasteiger partial charge in [0.2, 0.25) is 5.91 Å². The first kappa shape index (κ1) is 19.7. The minimum Gasteiger partial charge on any atom is -0.493 e. The molecule has 1 aliphatic heterocycles. The van der Waals surface area contributed by atoms with Gasteiger partial charge in [0.15, 0.2) is 11.5 Å². The number of ether oxygens (including phenoxy) is 2. The third-order valence-corrected chi connectivity index (χ3v) is 6.30. The summed E-state index contributed by atoms with van der Waals surface area (Å²) in [6.45, 7) is 4.59. The van der Waals surface area contributed by atoms with Crippen molar-refractivity contribution in [3.05, 3.63) is 58.7 Å². The lowest BCUT2D eigenvalue weighted by Gasteiger charge is -2.17. The number of hydrogen-bond acceptors (Lipinski definition) is 5. The van der Waals surface area contributed by atoms with Crippen molar-refractivity contribution in [1.82, 2.24) is 4.90 Å². The lowest BCUT2D eigenvalue weighted by molar-refractivity contribution is -0.126. The Kier molecular flexibility index (Phi) is 6.07. The molecule has 0 saturated carbocycles. The molecule has 2 aromatic rings. The van der Waals surface area contributed by atoms with Crippen LogP contribution < -0.4 is 9.47 Å². The van der Waals surface area contributed by atoms with Crippen molar-refractivity contribution in [2.24, 2.45) is 0 Å². The summed E-state index contributed by atoms with van der Waals surface area (Å²) in [5, 5.41) is -0.209. The summed E-state index contributed by atoms with van der Waals surface area (Å²) in [6, 6.07) is 12.1. The van der Waals surface area contributed by atoms with E-state index in [1.54, 1.807) is 19.1 Å². The van der Waals surface area contributed by atoms with Crippen LogP contribution in [-0.2, 0) is 17.8 Å². The van der Waals surface area contributed by atoms with Crippen LogP contribution in [0.5, 0.6) is 11.5 Å². The van der Waals surface area contributed by atoms with Crippen molar-refractivity contribution in [3.8, 4) is 11.5 Å². The first-order chi connectivity index (χ1) is 12.9. The van der Waals surface area contributed by atoms with Gasteiger partial charge in [-0.1, -0.05) is 53.8 Å². The van der Waals surface area contributed by atoms with Crippen LogP contribution in [0.3, 0.4) is 0 Å². The predicted molar refractivity (Wildman–Crippen MR) is 114 cm³/mol. The highest BCUT2D eigenvalue weighted by Gasteiger charge is 2.37. The second-order valence-electron chi connectivity index (χ2n) is 6.62. The number of rotatable bonds is 6. The Bertz CT molecular complexity index is 864. The average molecular weight is 402 g/mol. The van der Waals surface area contributed by atoms with Crippen molar-refractivity contribution in [2.75, 3.05) is 14.2 Å². The number of amides is 1. The minimum atomic E-state index is -0.209. The maximum Gasteiger partial charge on any atom is 0.242 e. The van der Waals surface area contributed by atoms with Crippen LogP contribution in [0.1, 0.15) is 22.3 Å². The molecule has 0 bridgehead atoms. The third-order valence-electron chi connectivity index (χ3n) is 4.71. The third kappa shape index (κ3) is 4.28. The van der Waals surface area contributed by atoms with Gasteiger partial charge >= 0.3 is 0 Å². The van der Waals surface area contributed by atoms with E-state index in [9.17, 15) is 4.79 Å². The van der Waals surface area contributed by atoms with Gasteiger partial charge in [0.1, 0.15) is 4.32 Å². The maximum atomic E-state index is 12.9.